The molecular formula is C14H13N3O3. The molecule has 1 aliphatic heterocycles. The number of carbonyl (C=O) groups is 1. The Kier molecular flexibility index (Phi) is 3.12. The van der Waals surface area contributed by atoms with Gasteiger partial charge in [0.05, 0.1) is 11.9 Å². The molecule has 6 nitrogen and oxygen atoms in total. The molecule has 0 saturated carbocycles. The summed E-state index contributed by atoms with van der Waals surface area (Å²) in [6.07, 6.45) is 1.44. The second-order valence-electron chi connectivity index (χ2n) is 4.29. The highest BCUT2D eigenvalue weighted by molar-refractivity contribution is 6.03. The fourth-order valence-corrected chi connectivity index (χ4v) is 1.86. The Morgan fingerprint density at radius 3 is 2.70 bits per heavy atom. The number of benzene rings is 1. The third-order valence-electron chi connectivity index (χ3n) is 2.82. The van der Waals surface area contributed by atoms with Crippen LogP contribution in [0.3, 0.4) is 0 Å². The lowest BCUT2D eigenvalue weighted by atomic mass is 10.2. The number of amides is 1. The van der Waals surface area contributed by atoms with E-state index < -0.39 is 0 Å². The van der Waals surface area contributed by atoms with E-state index in [0.29, 0.717) is 41.8 Å². The van der Waals surface area contributed by atoms with Crippen LogP contribution in [0.15, 0.2) is 36.5 Å². The molecule has 0 spiro atoms. The van der Waals surface area contributed by atoms with Crippen LogP contribution in [0.2, 0.25) is 0 Å². The lowest BCUT2D eigenvalue weighted by molar-refractivity contribution is 0.102. The summed E-state index contributed by atoms with van der Waals surface area (Å²) in [5.74, 6) is 1.00. The van der Waals surface area contributed by atoms with Gasteiger partial charge in [-0.3, -0.25) is 4.79 Å². The minimum absolute atomic E-state index is 0.300. The molecule has 6 heteroatoms. The molecule has 20 heavy (non-hydrogen) atoms. The average Bonchev–Trinajstić information content (AvgIpc) is 2.48. The van der Waals surface area contributed by atoms with Gasteiger partial charge >= 0.3 is 0 Å². The zero-order valence-corrected chi connectivity index (χ0v) is 10.6. The van der Waals surface area contributed by atoms with Crippen LogP contribution in [-0.4, -0.2) is 24.1 Å². The molecule has 1 aliphatic rings. The van der Waals surface area contributed by atoms with E-state index in [-0.39, 0.29) is 5.91 Å². The predicted molar refractivity (Wildman–Crippen MR) is 74.0 cm³/mol. The Labute approximate surface area is 115 Å². The van der Waals surface area contributed by atoms with Gasteiger partial charge in [0.2, 0.25) is 0 Å². The van der Waals surface area contributed by atoms with Crippen LogP contribution in [0.4, 0.5) is 11.4 Å². The molecule has 2 heterocycles. The van der Waals surface area contributed by atoms with Crippen LogP contribution < -0.4 is 20.5 Å². The van der Waals surface area contributed by atoms with E-state index in [2.05, 4.69) is 10.3 Å². The molecule has 0 aliphatic carbocycles. The summed E-state index contributed by atoms with van der Waals surface area (Å²) < 4.78 is 10.9. The first-order valence-corrected chi connectivity index (χ1v) is 6.15. The van der Waals surface area contributed by atoms with Gasteiger partial charge in [-0.05, 0) is 24.3 Å². The third kappa shape index (κ3) is 2.49. The molecule has 0 atom stereocenters. The molecule has 0 saturated heterocycles. The third-order valence-corrected chi connectivity index (χ3v) is 2.82. The Balaban J connectivity index is 1.77. The standard InChI is InChI=1S/C14H13N3O3/c15-9-1-3-11(16-8-9)14(18)17-10-2-4-12-13(7-10)20-6-5-19-12/h1-4,7-8H,5-6,15H2,(H,17,18). The zero-order valence-electron chi connectivity index (χ0n) is 10.6. The maximum absolute atomic E-state index is 12.0. The van der Waals surface area contributed by atoms with Crippen molar-refractivity contribution >= 4 is 17.3 Å². The van der Waals surface area contributed by atoms with Crippen molar-refractivity contribution in [2.24, 2.45) is 0 Å². The van der Waals surface area contributed by atoms with Crippen LogP contribution in [0.1, 0.15) is 10.5 Å². The highest BCUT2D eigenvalue weighted by Crippen LogP contribution is 2.32. The normalized spacial score (nSPS) is 12.8. The van der Waals surface area contributed by atoms with E-state index in [4.69, 9.17) is 15.2 Å². The van der Waals surface area contributed by atoms with Crippen molar-refractivity contribution in [3.05, 3.63) is 42.2 Å². The van der Waals surface area contributed by atoms with Gasteiger partial charge in [0.25, 0.3) is 5.91 Å². The van der Waals surface area contributed by atoms with E-state index in [1.807, 2.05) is 0 Å². The summed E-state index contributed by atoms with van der Waals surface area (Å²) >= 11 is 0. The van der Waals surface area contributed by atoms with E-state index in [0.717, 1.165) is 0 Å². The maximum atomic E-state index is 12.0. The lowest BCUT2D eigenvalue weighted by Crippen LogP contribution is -2.17. The Morgan fingerprint density at radius 2 is 1.95 bits per heavy atom. The molecule has 1 amide bonds. The van der Waals surface area contributed by atoms with Crippen molar-refractivity contribution in [2.75, 3.05) is 24.3 Å². The topological polar surface area (TPSA) is 86.5 Å². The number of ether oxygens (including phenoxy) is 2. The number of carbonyl (C=O) groups excluding carboxylic acids is 1. The molecule has 3 rings (SSSR count). The lowest BCUT2D eigenvalue weighted by Gasteiger charge is -2.18. The van der Waals surface area contributed by atoms with Gasteiger partial charge in [0, 0.05) is 11.8 Å². The number of rotatable bonds is 2. The largest absolute Gasteiger partial charge is 0.486 e. The number of nitrogen functional groups attached to an aromatic ring is 1. The smallest absolute Gasteiger partial charge is 0.274 e. The molecule has 1 aromatic heterocycles. The Hall–Kier alpha value is -2.76. The summed E-state index contributed by atoms with van der Waals surface area (Å²) in [4.78, 5) is 16.0. The van der Waals surface area contributed by atoms with Crippen LogP contribution in [0.25, 0.3) is 0 Å². The minimum atomic E-state index is -0.304. The number of nitrogens with zero attached hydrogens (tertiary/aromatic N) is 1. The van der Waals surface area contributed by atoms with Gasteiger partial charge in [-0.15, -0.1) is 0 Å². The Bertz CT molecular complexity index is 641. The molecule has 102 valence electrons. The molecule has 3 N–H and O–H groups in total. The summed E-state index contributed by atoms with van der Waals surface area (Å²) in [5, 5.41) is 2.75. The summed E-state index contributed by atoms with van der Waals surface area (Å²) in [6.45, 7) is 1.04. The Morgan fingerprint density at radius 1 is 1.15 bits per heavy atom. The highest BCUT2D eigenvalue weighted by atomic mass is 16.6. The fourth-order valence-electron chi connectivity index (χ4n) is 1.86. The number of anilines is 2. The van der Waals surface area contributed by atoms with E-state index in [9.17, 15) is 4.79 Å². The van der Waals surface area contributed by atoms with Crippen LogP contribution >= 0.6 is 0 Å². The minimum Gasteiger partial charge on any atom is -0.486 e. The first kappa shape index (κ1) is 12.3. The van der Waals surface area contributed by atoms with E-state index >= 15 is 0 Å². The maximum Gasteiger partial charge on any atom is 0.274 e. The van der Waals surface area contributed by atoms with Crippen molar-refractivity contribution < 1.29 is 14.3 Å². The van der Waals surface area contributed by atoms with Gasteiger partial charge in [0.15, 0.2) is 11.5 Å². The van der Waals surface area contributed by atoms with E-state index in [1.54, 1.807) is 30.3 Å². The van der Waals surface area contributed by atoms with Crippen LogP contribution in [0.5, 0.6) is 11.5 Å². The van der Waals surface area contributed by atoms with Crippen molar-refractivity contribution in [1.82, 2.24) is 4.98 Å². The second-order valence-corrected chi connectivity index (χ2v) is 4.29. The number of nitrogens with two attached hydrogens (primary N) is 1. The van der Waals surface area contributed by atoms with Crippen LogP contribution in [0, 0.1) is 0 Å². The van der Waals surface area contributed by atoms with E-state index in [1.165, 1.54) is 6.20 Å². The first-order valence-electron chi connectivity index (χ1n) is 6.15. The predicted octanol–water partition coefficient (Wildman–Crippen LogP) is 1.69. The van der Waals surface area contributed by atoms with Crippen molar-refractivity contribution in [2.45, 2.75) is 0 Å². The second kappa shape index (κ2) is 5.08. The summed E-state index contributed by atoms with van der Waals surface area (Å²) in [5.41, 5.74) is 6.97. The van der Waals surface area contributed by atoms with Gasteiger partial charge in [-0.2, -0.15) is 0 Å². The molecule has 2 aromatic rings. The summed E-state index contributed by atoms with van der Waals surface area (Å²) in [6, 6.07) is 8.45. The summed E-state index contributed by atoms with van der Waals surface area (Å²) in [7, 11) is 0. The SMILES string of the molecule is Nc1ccc(C(=O)Nc2ccc3c(c2)OCCO3)nc1. The van der Waals surface area contributed by atoms with Gasteiger partial charge in [-0.1, -0.05) is 0 Å². The molecular weight excluding hydrogens is 258 g/mol. The zero-order chi connectivity index (χ0) is 13.9. The average molecular weight is 271 g/mol. The van der Waals surface area contributed by atoms with Crippen LogP contribution in [-0.2, 0) is 0 Å². The monoisotopic (exact) mass is 271 g/mol. The molecule has 0 fully saturated rings. The fraction of sp³-hybridized carbons (Fsp3) is 0.143. The number of hydrogen-bond acceptors (Lipinski definition) is 5. The van der Waals surface area contributed by atoms with Crippen molar-refractivity contribution in [1.29, 1.82) is 0 Å². The van der Waals surface area contributed by atoms with Gasteiger partial charge in [-0.25, -0.2) is 4.98 Å². The first-order chi connectivity index (χ1) is 9.72. The molecule has 0 radical (unpaired) electrons. The molecule has 0 unspecified atom stereocenters. The highest BCUT2D eigenvalue weighted by Gasteiger charge is 2.13. The quantitative estimate of drug-likeness (QED) is 0.868. The number of hydrogen-bond donors (Lipinski definition) is 2. The molecule has 0 bridgehead atoms. The van der Waals surface area contributed by atoms with Gasteiger partial charge < -0.3 is 20.5 Å². The number of fused-ring (bicyclic) bond motifs is 1. The number of pyridine rings is 1. The number of aromatic nitrogens is 1. The van der Waals surface area contributed by atoms with Gasteiger partial charge in [0.1, 0.15) is 18.9 Å². The van der Waals surface area contributed by atoms with Crippen molar-refractivity contribution in [3.8, 4) is 11.5 Å². The molecule has 1 aromatic carbocycles. The van der Waals surface area contributed by atoms with Crippen molar-refractivity contribution in [3.63, 3.8) is 0 Å². The number of nitrogens with one attached hydrogen (secondary N) is 1.